The lowest BCUT2D eigenvalue weighted by molar-refractivity contribution is -0.133. The summed E-state index contributed by atoms with van der Waals surface area (Å²) >= 11 is 0. The predicted molar refractivity (Wildman–Crippen MR) is 79.9 cm³/mol. The van der Waals surface area contributed by atoms with Crippen molar-refractivity contribution in [3.63, 3.8) is 0 Å². The molecule has 0 atom stereocenters. The Kier molecular flexibility index (Phi) is 5.50. The molecule has 0 aliphatic rings. The second kappa shape index (κ2) is 6.89. The molecule has 0 fully saturated rings. The zero-order valence-electron chi connectivity index (χ0n) is 12.5. The van der Waals surface area contributed by atoms with Crippen LogP contribution in [0.1, 0.15) is 44.5 Å². The van der Waals surface area contributed by atoms with E-state index in [1.165, 1.54) is 11.1 Å². The smallest absolute Gasteiger partial charge is 0.268 e. The first-order chi connectivity index (χ1) is 9.36. The Morgan fingerprint density at radius 2 is 1.80 bits per heavy atom. The van der Waals surface area contributed by atoms with Crippen LogP contribution in [-0.4, -0.2) is 22.4 Å². The van der Waals surface area contributed by atoms with E-state index < -0.39 is 5.54 Å². The summed E-state index contributed by atoms with van der Waals surface area (Å²) in [7, 11) is 0. The molecule has 4 nitrogen and oxygen atoms in total. The highest BCUT2D eigenvalue weighted by Gasteiger charge is 2.27. The largest absolute Gasteiger partial charge is 0.269 e. The Morgan fingerprint density at radius 3 is 2.30 bits per heavy atom. The Morgan fingerprint density at radius 1 is 1.20 bits per heavy atom. The lowest BCUT2D eigenvalue weighted by atomic mass is 10.1. The molecule has 0 aromatic heterocycles. The lowest BCUT2D eigenvalue weighted by Crippen LogP contribution is -2.55. The van der Waals surface area contributed by atoms with E-state index in [1.54, 1.807) is 30.3 Å². The number of hydrazine groups is 1. The maximum Gasteiger partial charge on any atom is 0.269 e. The summed E-state index contributed by atoms with van der Waals surface area (Å²) in [5, 5.41) is 1.36. The van der Waals surface area contributed by atoms with Gasteiger partial charge in [-0.2, -0.15) is 0 Å². The summed E-state index contributed by atoms with van der Waals surface area (Å²) < 4.78 is 0. The van der Waals surface area contributed by atoms with E-state index >= 15 is 0 Å². The zero-order valence-corrected chi connectivity index (χ0v) is 12.5. The highest BCUT2D eigenvalue weighted by molar-refractivity contribution is 5.97. The van der Waals surface area contributed by atoms with Crippen molar-refractivity contribution in [1.29, 1.82) is 0 Å². The Labute approximate surface area is 120 Å². The molecular weight excluding hydrogens is 252 g/mol. The molecule has 1 aromatic carbocycles. The molecule has 0 bridgehead atoms. The molecule has 0 aliphatic carbocycles. The minimum atomic E-state index is -0.500. The minimum absolute atomic E-state index is 0.233. The van der Waals surface area contributed by atoms with Gasteiger partial charge < -0.3 is 0 Å². The van der Waals surface area contributed by atoms with E-state index in [0.717, 1.165) is 6.42 Å². The number of benzene rings is 1. The first-order valence-corrected chi connectivity index (χ1v) is 6.73. The van der Waals surface area contributed by atoms with E-state index in [1.807, 2.05) is 33.8 Å². The molecule has 1 aromatic rings. The van der Waals surface area contributed by atoms with Crippen molar-refractivity contribution in [2.45, 2.75) is 39.7 Å². The predicted octanol–water partition coefficient (Wildman–Crippen LogP) is 2.92. The SMILES string of the molecule is CCC=CC(=O)N(NC(=O)c1ccccc1)C(C)(C)C. The monoisotopic (exact) mass is 274 g/mol. The van der Waals surface area contributed by atoms with Gasteiger partial charge in [0.05, 0.1) is 5.54 Å². The van der Waals surface area contributed by atoms with Gasteiger partial charge in [0, 0.05) is 11.6 Å². The summed E-state index contributed by atoms with van der Waals surface area (Å²) in [4.78, 5) is 24.3. The van der Waals surface area contributed by atoms with Crippen LogP contribution in [0.15, 0.2) is 42.5 Å². The normalized spacial score (nSPS) is 11.4. The van der Waals surface area contributed by atoms with E-state index in [0.29, 0.717) is 5.56 Å². The third-order valence-corrected chi connectivity index (χ3v) is 2.64. The first kappa shape index (κ1) is 16.0. The van der Waals surface area contributed by atoms with Gasteiger partial charge in [-0.25, -0.2) is 5.01 Å². The molecule has 2 amide bonds. The van der Waals surface area contributed by atoms with Gasteiger partial charge in [-0.3, -0.25) is 15.0 Å². The zero-order chi connectivity index (χ0) is 15.2. The highest BCUT2D eigenvalue weighted by atomic mass is 16.2. The average Bonchev–Trinajstić information content (AvgIpc) is 2.41. The molecular formula is C16H22N2O2. The van der Waals surface area contributed by atoms with Gasteiger partial charge in [0.2, 0.25) is 0 Å². The Balaban J connectivity index is 2.89. The maximum atomic E-state index is 12.2. The first-order valence-electron chi connectivity index (χ1n) is 6.73. The standard InChI is InChI=1S/C16H22N2O2/c1-5-6-12-14(19)18(16(2,3)4)17-15(20)13-10-8-7-9-11-13/h6-12H,5H2,1-4H3,(H,17,20). The number of rotatable bonds is 3. The topological polar surface area (TPSA) is 49.4 Å². The van der Waals surface area contributed by atoms with Crippen LogP contribution in [-0.2, 0) is 4.79 Å². The van der Waals surface area contributed by atoms with E-state index in [-0.39, 0.29) is 11.8 Å². The van der Waals surface area contributed by atoms with Crippen molar-refractivity contribution < 1.29 is 9.59 Å². The highest BCUT2D eigenvalue weighted by Crippen LogP contribution is 2.12. The van der Waals surface area contributed by atoms with Gasteiger partial charge >= 0.3 is 0 Å². The molecule has 108 valence electrons. The molecule has 0 unspecified atom stereocenters. The fourth-order valence-electron chi connectivity index (χ4n) is 1.60. The number of amides is 2. The third kappa shape index (κ3) is 4.53. The molecule has 0 radical (unpaired) electrons. The van der Waals surface area contributed by atoms with Crippen LogP contribution >= 0.6 is 0 Å². The Bertz CT molecular complexity index is 487. The molecule has 0 spiro atoms. The summed E-state index contributed by atoms with van der Waals surface area (Å²) in [5.41, 5.74) is 2.70. The van der Waals surface area contributed by atoms with Crippen molar-refractivity contribution in [2.75, 3.05) is 0 Å². The third-order valence-electron chi connectivity index (χ3n) is 2.64. The van der Waals surface area contributed by atoms with Gasteiger partial charge in [0.25, 0.3) is 11.8 Å². The molecule has 1 rings (SSSR count). The quantitative estimate of drug-likeness (QED) is 0.680. The molecule has 1 N–H and O–H groups in total. The number of allylic oxidation sites excluding steroid dienone is 1. The minimum Gasteiger partial charge on any atom is -0.268 e. The van der Waals surface area contributed by atoms with Gasteiger partial charge in [-0.15, -0.1) is 0 Å². The van der Waals surface area contributed by atoms with Gasteiger partial charge in [-0.1, -0.05) is 31.2 Å². The van der Waals surface area contributed by atoms with Crippen molar-refractivity contribution in [1.82, 2.24) is 10.4 Å². The number of nitrogens with zero attached hydrogens (tertiary/aromatic N) is 1. The van der Waals surface area contributed by atoms with E-state index in [4.69, 9.17) is 0 Å². The van der Waals surface area contributed by atoms with Crippen LogP contribution in [0.25, 0.3) is 0 Å². The number of carbonyl (C=O) groups is 2. The van der Waals surface area contributed by atoms with Crippen LogP contribution in [0.5, 0.6) is 0 Å². The second-order valence-electron chi connectivity index (χ2n) is 5.46. The molecule has 0 saturated carbocycles. The molecule has 20 heavy (non-hydrogen) atoms. The summed E-state index contributed by atoms with van der Waals surface area (Å²) in [6, 6.07) is 8.84. The number of hydrogen-bond donors (Lipinski definition) is 1. The van der Waals surface area contributed by atoms with E-state index in [2.05, 4.69) is 5.43 Å². The van der Waals surface area contributed by atoms with Gasteiger partial charge in [-0.05, 0) is 39.3 Å². The molecule has 4 heteroatoms. The van der Waals surface area contributed by atoms with Crippen molar-refractivity contribution in [2.24, 2.45) is 0 Å². The summed E-state index contributed by atoms with van der Waals surface area (Å²) in [6.07, 6.45) is 4.03. The van der Waals surface area contributed by atoms with Crippen LogP contribution < -0.4 is 5.43 Å². The van der Waals surface area contributed by atoms with Crippen molar-refractivity contribution >= 4 is 11.8 Å². The second-order valence-corrected chi connectivity index (χ2v) is 5.46. The van der Waals surface area contributed by atoms with Crippen LogP contribution in [0.3, 0.4) is 0 Å². The number of hydrogen-bond acceptors (Lipinski definition) is 2. The maximum absolute atomic E-state index is 12.2. The summed E-state index contributed by atoms with van der Waals surface area (Å²) in [5.74, 6) is -0.526. The van der Waals surface area contributed by atoms with E-state index in [9.17, 15) is 9.59 Å². The van der Waals surface area contributed by atoms with Crippen LogP contribution in [0.4, 0.5) is 0 Å². The molecule has 0 aliphatic heterocycles. The van der Waals surface area contributed by atoms with Crippen molar-refractivity contribution in [3.05, 3.63) is 48.0 Å². The summed E-state index contributed by atoms with van der Waals surface area (Å²) in [6.45, 7) is 7.57. The lowest BCUT2D eigenvalue weighted by Gasteiger charge is -2.34. The van der Waals surface area contributed by atoms with Crippen molar-refractivity contribution in [3.8, 4) is 0 Å². The fraction of sp³-hybridized carbons (Fsp3) is 0.375. The van der Waals surface area contributed by atoms with Gasteiger partial charge in [0.1, 0.15) is 0 Å². The Hall–Kier alpha value is -2.10. The molecule has 0 saturated heterocycles. The fourth-order valence-corrected chi connectivity index (χ4v) is 1.60. The molecule has 0 heterocycles. The number of carbonyl (C=O) groups excluding carboxylic acids is 2. The van der Waals surface area contributed by atoms with Crippen LogP contribution in [0, 0.1) is 0 Å². The number of nitrogens with one attached hydrogen (secondary N) is 1. The van der Waals surface area contributed by atoms with Crippen LogP contribution in [0.2, 0.25) is 0 Å². The van der Waals surface area contributed by atoms with Gasteiger partial charge in [0.15, 0.2) is 0 Å². The average molecular weight is 274 g/mol.